The van der Waals surface area contributed by atoms with E-state index in [1.54, 1.807) is 0 Å². The maximum absolute atomic E-state index is 11.2. The Morgan fingerprint density at radius 3 is 2.64 bits per heavy atom. The lowest BCUT2D eigenvalue weighted by atomic mass is 10.0. The van der Waals surface area contributed by atoms with Crippen LogP contribution in [-0.4, -0.2) is 17.0 Å². The first-order valence-corrected chi connectivity index (χ1v) is 3.99. The molecule has 0 amide bonds. The van der Waals surface area contributed by atoms with Gasteiger partial charge in [-0.15, -0.1) is 0 Å². The van der Waals surface area contributed by atoms with Crippen LogP contribution in [0.3, 0.4) is 0 Å². The van der Waals surface area contributed by atoms with Gasteiger partial charge >= 0.3 is 0 Å². The predicted molar refractivity (Wildman–Crippen MR) is 41.1 cm³/mol. The van der Waals surface area contributed by atoms with Gasteiger partial charge in [-0.2, -0.15) is 0 Å². The molecular formula is C9H12O2. The van der Waals surface area contributed by atoms with Gasteiger partial charge in [-0.05, 0) is 12.0 Å². The van der Waals surface area contributed by atoms with E-state index in [9.17, 15) is 9.90 Å². The molecule has 0 saturated carbocycles. The lowest BCUT2D eigenvalue weighted by molar-refractivity contribution is -0.117. The van der Waals surface area contributed by atoms with Crippen molar-refractivity contribution in [2.75, 3.05) is 0 Å². The van der Waals surface area contributed by atoms with E-state index in [0.29, 0.717) is 12.8 Å². The van der Waals surface area contributed by atoms with Crippen LogP contribution in [-0.2, 0) is 4.79 Å². The fraction of sp³-hybridized carbons (Fsp3) is 0.667. The van der Waals surface area contributed by atoms with Crippen LogP contribution in [0, 0.1) is 5.41 Å². The number of hydrogen-bond donors (Lipinski definition) is 1. The highest BCUT2D eigenvalue weighted by atomic mass is 16.3. The summed E-state index contributed by atoms with van der Waals surface area (Å²) < 4.78 is 0. The quantitative estimate of drug-likeness (QED) is 0.563. The number of ketones is 1. The van der Waals surface area contributed by atoms with E-state index in [1.807, 2.05) is 13.8 Å². The minimum atomic E-state index is -0.414. The van der Waals surface area contributed by atoms with Crippen LogP contribution in [0.15, 0.2) is 11.1 Å². The third-order valence-corrected chi connectivity index (χ3v) is 2.76. The number of carbonyl (C=O) groups excluding carboxylic acids is 1. The number of carbonyl (C=O) groups is 1. The number of allylic oxidation sites excluding steroid dienone is 1. The van der Waals surface area contributed by atoms with E-state index in [1.165, 1.54) is 5.57 Å². The fourth-order valence-corrected chi connectivity index (χ4v) is 2.04. The topological polar surface area (TPSA) is 37.3 Å². The van der Waals surface area contributed by atoms with E-state index in [2.05, 4.69) is 0 Å². The van der Waals surface area contributed by atoms with Crippen molar-refractivity contribution in [1.82, 2.24) is 0 Å². The second-order valence-electron chi connectivity index (χ2n) is 3.96. The summed E-state index contributed by atoms with van der Waals surface area (Å²) in [5, 5.41) is 9.25. The van der Waals surface area contributed by atoms with Crippen molar-refractivity contribution in [3.8, 4) is 0 Å². The minimum Gasteiger partial charge on any atom is -0.392 e. The Kier molecular flexibility index (Phi) is 1.12. The summed E-state index contributed by atoms with van der Waals surface area (Å²) in [6.45, 7) is 4.10. The van der Waals surface area contributed by atoms with E-state index in [-0.39, 0.29) is 11.2 Å². The molecule has 60 valence electrons. The molecular weight excluding hydrogens is 140 g/mol. The van der Waals surface area contributed by atoms with Gasteiger partial charge in [-0.3, -0.25) is 4.79 Å². The third kappa shape index (κ3) is 0.791. The van der Waals surface area contributed by atoms with E-state index >= 15 is 0 Å². The van der Waals surface area contributed by atoms with Crippen molar-refractivity contribution in [3.63, 3.8) is 0 Å². The second-order valence-corrected chi connectivity index (χ2v) is 3.96. The largest absolute Gasteiger partial charge is 0.392 e. The predicted octanol–water partition coefficient (Wildman–Crippen LogP) is 1.05. The Morgan fingerprint density at radius 1 is 1.45 bits per heavy atom. The Hall–Kier alpha value is -0.630. The SMILES string of the molecule is CC1(C)C2=C1C(=O)CC(O)C2. The highest BCUT2D eigenvalue weighted by molar-refractivity contribution is 6.04. The zero-order valence-electron chi connectivity index (χ0n) is 6.85. The molecule has 0 spiro atoms. The average Bonchev–Trinajstić information content (AvgIpc) is 2.34. The van der Waals surface area contributed by atoms with Crippen LogP contribution in [0.5, 0.6) is 0 Å². The van der Waals surface area contributed by atoms with Crippen molar-refractivity contribution in [2.45, 2.75) is 32.8 Å². The van der Waals surface area contributed by atoms with Gasteiger partial charge in [0, 0.05) is 17.4 Å². The molecule has 0 radical (unpaired) electrons. The van der Waals surface area contributed by atoms with Crippen LogP contribution >= 0.6 is 0 Å². The monoisotopic (exact) mass is 152 g/mol. The molecule has 0 heterocycles. The second kappa shape index (κ2) is 1.75. The number of Topliss-reactive ketones (excluding diaryl/α,β-unsaturated/α-hetero) is 1. The summed E-state index contributed by atoms with van der Waals surface area (Å²) in [5.74, 6) is 0.156. The van der Waals surface area contributed by atoms with Crippen molar-refractivity contribution in [3.05, 3.63) is 11.1 Å². The molecule has 1 unspecified atom stereocenters. The Bertz CT molecular complexity index is 261. The Morgan fingerprint density at radius 2 is 2.09 bits per heavy atom. The first-order chi connectivity index (χ1) is 5.03. The summed E-state index contributed by atoms with van der Waals surface area (Å²) in [6, 6.07) is 0. The molecule has 11 heavy (non-hydrogen) atoms. The number of aliphatic hydroxyl groups excluding tert-OH is 1. The van der Waals surface area contributed by atoms with E-state index in [0.717, 1.165) is 5.57 Å². The molecule has 0 aromatic rings. The van der Waals surface area contributed by atoms with Crippen LogP contribution in [0.1, 0.15) is 26.7 Å². The molecule has 0 aromatic carbocycles. The smallest absolute Gasteiger partial charge is 0.162 e. The molecule has 2 aliphatic carbocycles. The third-order valence-electron chi connectivity index (χ3n) is 2.76. The maximum atomic E-state index is 11.2. The lowest BCUT2D eigenvalue weighted by Crippen LogP contribution is -2.14. The molecule has 1 atom stereocenters. The zero-order chi connectivity index (χ0) is 8.22. The number of rotatable bonds is 0. The van der Waals surface area contributed by atoms with Gasteiger partial charge in [0.05, 0.1) is 6.10 Å². The van der Waals surface area contributed by atoms with Crippen molar-refractivity contribution < 1.29 is 9.90 Å². The normalized spacial score (nSPS) is 33.7. The summed E-state index contributed by atoms with van der Waals surface area (Å²) in [7, 11) is 0. The molecule has 1 N–H and O–H groups in total. The van der Waals surface area contributed by atoms with Gasteiger partial charge in [0.1, 0.15) is 0 Å². The van der Waals surface area contributed by atoms with Gasteiger partial charge in [0.2, 0.25) is 0 Å². The van der Waals surface area contributed by atoms with Gasteiger partial charge < -0.3 is 5.11 Å². The van der Waals surface area contributed by atoms with Gasteiger partial charge in [-0.1, -0.05) is 13.8 Å². The van der Waals surface area contributed by atoms with Crippen molar-refractivity contribution in [2.24, 2.45) is 5.41 Å². The molecule has 0 bridgehead atoms. The van der Waals surface area contributed by atoms with E-state index < -0.39 is 6.10 Å². The molecule has 0 saturated heterocycles. The highest BCUT2D eigenvalue weighted by Crippen LogP contribution is 2.57. The lowest BCUT2D eigenvalue weighted by Gasteiger charge is -2.07. The van der Waals surface area contributed by atoms with Crippen LogP contribution in [0.25, 0.3) is 0 Å². The fourth-order valence-electron chi connectivity index (χ4n) is 2.04. The van der Waals surface area contributed by atoms with Crippen molar-refractivity contribution >= 4 is 5.78 Å². The average molecular weight is 152 g/mol. The Balaban J connectivity index is 2.28. The van der Waals surface area contributed by atoms with Gasteiger partial charge in [0.15, 0.2) is 5.78 Å². The van der Waals surface area contributed by atoms with Crippen LogP contribution < -0.4 is 0 Å². The molecule has 2 aliphatic rings. The molecule has 0 aromatic heterocycles. The molecule has 2 nitrogen and oxygen atoms in total. The maximum Gasteiger partial charge on any atom is 0.162 e. The molecule has 2 heteroatoms. The van der Waals surface area contributed by atoms with Crippen LogP contribution in [0.2, 0.25) is 0 Å². The molecule has 2 rings (SSSR count). The first-order valence-electron chi connectivity index (χ1n) is 3.99. The summed E-state index contributed by atoms with van der Waals surface area (Å²) in [6.07, 6.45) is 0.638. The highest BCUT2D eigenvalue weighted by Gasteiger charge is 2.51. The van der Waals surface area contributed by atoms with Crippen LogP contribution in [0.4, 0.5) is 0 Å². The Labute approximate surface area is 65.9 Å². The van der Waals surface area contributed by atoms with E-state index in [4.69, 9.17) is 0 Å². The van der Waals surface area contributed by atoms with Gasteiger partial charge in [0.25, 0.3) is 0 Å². The molecule has 0 fully saturated rings. The van der Waals surface area contributed by atoms with Crippen molar-refractivity contribution in [1.29, 1.82) is 0 Å². The standard InChI is InChI=1S/C9H12O2/c1-9(2)6-3-5(10)4-7(11)8(6)9/h5,10H,3-4H2,1-2H3. The minimum absolute atomic E-state index is 0.0224. The molecule has 0 aliphatic heterocycles. The number of hydrogen-bond acceptors (Lipinski definition) is 2. The number of aliphatic hydroxyl groups is 1. The summed E-state index contributed by atoms with van der Waals surface area (Å²) >= 11 is 0. The zero-order valence-corrected chi connectivity index (χ0v) is 6.85. The van der Waals surface area contributed by atoms with Gasteiger partial charge in [-0.25, -0.2) is 0 Å². The first kappa shape index (κ1) is 7.04. The summed E-state index contributed by atoms with van der Waals surface area (Å²) in [4.78, 5) is 11.2. The summed E-state index contributed by atoms with van der Waals surface area (Å²) in [5.41, 5.74) is 2.19.